The summed E-state index contributed by atoms with van der Waals surface area (Å²) in [5, 5.41) is 2.67. The van der Waals surface area contributed by atoms with Crippen LogP contribution < -0.4 is 10.2 Å². The first kappa shape index (κ1) is 11.5. The van der Waals surface area contributed by atoms with Crippen LogP contribution in [-0.2, 0) is 0 Å². The number of nitrogens with zero attached hydrogens (tertiary/aromatic N) is 4. The standard InChI is InChI=1S/C10H11N5OS/c1-15(2)7-3-4-11-9(5-7)13-10(16)8-6-12-17-14-8/h3-6H,1-2H3,(H,11,13,16). The quantitative estimate of drug-likeness (QED) is 0.886. The molecule has 88 valence electrons. The normalized spacial score (nSPS) is 10.0. The van der Waals surface area contributed by atoms with Gasteiger partial charge >= 0.3 is 0 Å². The summed E-state index contributed by atoms with van der Waals surface area (Å²) in [5.41, 5.74) is 1.26. The molecule has 0 aliphatic carbocycles. The lowest BCUT2D eigenvalue weighted by Gasteiger charge is -2.12. The first-order valence-electron chi connectivity index (χ1n) is 4.89. The van der Waals surface area contributed by atoms with Gasteiger partial charge in [-0.05, 0) is 6.07 Å². The van der Waals surface area contributed by atoms with Crippen molar-refractivity contribution in [3.8, 4) is 0 Å². The van der Waals surface area contributed by atoms with Gasteiger partial charge in [0.1, 0.15) is 5.82 Å². The van der Waals surface area contributed by atoms with Gasteiger partial charge in [0.25, 0.3) is 5.91 Å². The number of nitrogens with one attached hydrogen (secondary N) is 1. The molecule has 0 aliphatic heterocycles. The maximum atomic E-state index is 11.7. The summed E-state index contributed by atoms with van der Waals surface area (Å²) in [5.74, 6) is 0.191. The Labute approximate surface area is 103 Å². The van der Waals surface area contributed by atoms with Crippen LogP contribution in [0.4, 0.5) is 11.5 Å². The lowest BCUT2D eigenvalue weighted by atomic mass is 10.3. The van der Waals surface area contributed by atoms with Crippen LogP contribution in [0.5, 0.6) is 0 Å². The van der Waals surface area contributed by atoms with E-state index in [4.69, 9.17) is 0 Å². The minimum Gasteiger partial charge on any atom is -0.378 e. The van der Waals surface area contributed by atoms with Crippen molar-refractivity contribution in [2.24, 2.45) is 0 Å². The SMILES string of the molecule is CN(C)c1ccnc(NC(=O)c2cnsn2)c1. The highest BCUT2D eigenvalue weighted by Gasteiger charge is 2.09. The van der Waals surface area contributed by atoms with Crippen LogP contribution in [0.1, 0.15) is 10.5 Å². The molecule has 1 N–H and O–H groups in total. The van der Waals surface area contributed by atoms with Gasteiger partial charge in [-0.2, -0.15) is 8.75 Å². The molecule has 0 aliphatic rings. The van der Waals surface area contributed by atoms with Crippen LogP contribution in [0, 0.1) is 0 Å². The topological polar surface area (TPSA) is 71.0 Å². The predicted molar refractivity (Wildman–Crippen MR) is 66.4 cm³/mol. The number of aromatic nitrogens is 3. The number of hydrogen-bond acceptors (Lipinski definition) is 6. The molecule has 0 unspecified atom stereocenters. The van der Waals surface area contributed by atoms with Crippen LogP contribution >= 0.6 is 11.7 Å². The molecule has 0 fully saturated rings. The Morgan fingerprint density at radius 3 is 2.94 bits per heavy atom. The van der Waals surface area contributed by atoms with E-state index in [0.29, 0.717) is 11.5 Å². The molecule has 0 saturated carbocycles. The summed E-state index contributed by atoms with van der Waals surface area (Å²) in [4.78, 5) is 17.7. The second-order valence-corrected chi connectivity index (χ2v) is 4.10. The zero-order valence-electron chi connectivity index (χ0n) is 9.41. The second-order valence-electron chi connectivity index (χ2n) is 3.54. The Morgan fingerprint density at radius 1 is 1.47 bits per heavy atom. The van der Waals surface area contributed by atoms with Gasteiger partial charge in [0.2, 0.25) is 0 Å². The Hall–Kier alpha value is -2.02. The Morgan fingerprint density at radius 2 is 2.29 bits per heavy atom. The Balaban J connectivity index is 2.14. The van der Waals surface area contributed by atoms with Crippen LogP contribution in [0.3, 0.4) is 0 Å². The van der Waals surface area contributed by atoms with E-state index in [1.54, 1.807) is 12.3 Å². The molecule has 2 heterocycles. The van der Waals surface area contributed by atoms with Gasteiger partial charge in [-0.25, -0.2) is 4.98 Å². The monoisotopic (exact) mass is 249 g/mol. The summed E-state index contributed by atoms with van der Waals surface area (Å²) in [6.07, 6.45) is 3.07. The fraction of sp³-hybridized carbons (Fsp3) is 0.200. The summed E-state index contributed by atoms with van der Waals surface area (Å²) >= 11 is 0.997. The second kappa shape index (κ2) is 4.88. The molecular weight excluding hydrogens is 238 g/mol. The highest BCUT2D eigenvalue weighted by atomic mass is 32.1. The highest BCUT2D eigenvalue weighted by Crippen LogP contribution is 2.14. The first-order valence-corrected chi connectivity index (χ1v) is 5.62. The molecule has 0 aromatic carbocycles. The maximum absolute atomic E-state index is 11.7. The molecule has 0 spiro atoms. The van der Waals surface area contributed by atoms with Gasteiger partial charge in [0.05, 0.1) is 17.9 Å². The van der Waals surface area contributed by atoms with Gasteiger partial charge < -0.3 is 10.2 Å². The predicted octanol–water partition coefficient (Wildman–Crippen LogP) is 1.25. The van der Waals surface area contributed by atoms with Gasteiger partial charge in [-0.3, -0.25) is 4.79 Å². The van der Waals surface area contributed by atoms with E-state index in [1.807, 2.05) is 25.1 Å². The lowest BCUT2D eigenvalue weighted by Crippen LogP contribution is -2.14. The molecule has 2 aromatic heterocycles. The number of amides is 1. The minimum atomic E-state index is -0.304. The van der Waals surface area contributed by atoms with Crippen molar-refractivity contribution in [2.75, 3.05) is 24.3 Å². The molecule has 0 saturated heterocycles. The molecule has 1 amide bonds. The molecule has 6 nitrogen and oxygen atoms in total. The van der Waals surface area contributed by atoms with Crippen molar-refractivity contribution in [2.45, 2.75) is 0 Å². The number of carbonyl (C=O) groups excluding carboxylic acids is 1. The summed E-state index contributed by atoms with van der Waals surface area (Å²) in [7, 11) is 3.84. The number of rotatable bonds is 3. The first-order chi connectivity index (χ1) is 8.16. The molecule has 7 heteroatoms. The zero-order chi connectivity index (χ0) is 12.3. The third kappa shape index (κ3) is 2.76. The fourth-order valence-corrected chi connectivity index (χ4v) is 1.62. The summed E-state index contributed by atoms with van der Waals surface area (Å²) < 4.78 is 7.62. The van der Waals surface area contributed by atoms with E-state index in [1.165, 1.54) is 6.20 Å². The third-order valence-electron chi connectivity index (χ3n) is 2.10. The van der Waals surface area contributed by atoms with Crippen molar-refractivity contribution >= 4 is 29.1 Å². The molecule has 0 atom stereocenters. The zero-order valence-corrected chi connectivity index (χ0v) is 10.2. The maximum Gasteiger partial charge on any atom is 0.278 e. The minimum absolute atomic E-state index is 0.298. The molecular formula is C10H11N5OS. The Bertz CT molecular complexity index is 511. The number of anilines is 2. The van der Waals surface area contributed by atoms with Gasteiger partial charge in [0.15, 0.2) is 5.69 Å². The summed E-state index contributed by atoms with van der Waals surface area (Å²) in [6, 6.07) is 3.65. The highest BCUT2D eigenvalue weighted by molar-refractivity contribution is 6.99. The van der Waals surface area contributed by atoms with Crippen molar-refractivity contribution in [1.29, 1.82) is 0 Å². The van der Waals surface area contributed by atoms with Crippen molar-refractivity contribution < 1.29 is 4.79 Å². The third-order valence-corrected chi connectivity index (χ3v) is 2.57. The average Bonchev–Trinajstić information content (AvgIpc) is 2.82. The van der Waals surface area contributed by atoms with E-state index in [2.05, 4.69) is 19.0 Å². The van der Waals surface area contributed by atoms with Gasteiger partial charge in [0, 0.05) is 32.0 Å². The summed E-state index contributed by atoms with van der Waals surface area (Å²) in [6.45, 7) is 0. The van der Waals surface area contributed by atoms with Crippen LogP contribution in [0.15, 0.2) is 24.5 Å². The van der Waals surface area contributed by atoms with Crippen molar-refractivity contribution in [3.63, 3.8) is 0 Å². The molecule has 17 heavy (non-hydrogen) atoms. The van der Waals surface area contributed by atoms with Crippen molar-refractivity contribution in [1.82, 2.24) is 13.7 Å². The van der Waals surface area contributed by atoms with Crippen LogP contribution in [0.25, 0.3) is 0 Å². The number of pyridine rings is 1. The van der Waals surface area contributed by atoms with Crippen LogP contribution in [0.2, 0.25) is 0 Å². The lowest BCUT2D eigenvalue weighted by molar-refractivity contribution is 0.102. The molecule has 2 rings (SSSR count). The largest absolute Gasteiger partial charge is 0.378 e. The average molecular weight is 249 g/mol. The van der Waals surface area contributed by atoms with Gasteiger partial charge in [-0.1, -0.05) is 0 Å². The molecule has 2 aromatic rings. The Kier molecular flexibility index (Phi) is 3.29. The van der Waals surface area contributed by atoms with E-state index in [9.17, 15) is 4.79 Å². The number of hydrogen-bond donors (Lipinski definition) is 1. The van der Waals surface area contributed by atoms with E-state index >= 15 is 0 Å². The smallest absolute Gasteiger partial charge is 0.278 e. The molecule has 0 radical (unpaired) electrons. The number of carbonyl (C=O) groups is 1. The van der Waals surface area contributed by atoms with E-state index in [0.717, 1.165) is 17.4 Å². The van der Waals surface area contributed by atoms with Crippen LogP contribution in [-0.4, -0.2) is 33.7 Å². The van der Waals surface area contributed by atoms with E-state index < -0.39 is 0 Å². The molecule has 0 bridgehead atoms. The van der Waals surface area contributed by atoms with Crippen molar-refractivity contribution in [3.05, 3.63) is 30.2 Å². The fourth-order valence-electron chi connectivity index (χ4n) is 1.21. The van der Waals surface area contributed by atoms with Gasteiger partial charge in [-0.15, -0.1) is 0 Å². The van der Waals surface area contributed by atoms with E-state index in [-0.39, 0.29) is 5.91 Å².